The Kier molecular flexibility index (Phi) is 3.55. The first-order chi connectivity index (χ1) is 9.02. The number of aromatic nitrogens is 1. The lowest BCUT2D eigenvalue weighted by Crippen LogP contribution is -2.01. The summed E-state index contributed by atoms with van der Waals surface area (Å²) in [5.74, 6) is -1.20. The monoisotopic (exact) mass is 261 g/mol. The molecule has 0 aliphatic rings. The number of carboxylic acid groups (broad SMARTS) is 1. The molecule has 1 N–H and O–H groups in total. The molecule has 0 saturated carbocycles. The first-order valence-electron chi connectivity index (χ1n) is 5.91. The maximum absolute atomic E-state index is 11.5. The highest BCUT2D eigenvalue weighted by molar-refractivity contribution is 5.95. The summed E-state index contributed by atoms with van der Waals surface area (Å²) in [5.41, 5.74) is 2.35. The summed E-state index contributed by atoms with van der Waals surface area (Å²) in [6.07, 6.45) is 2.47. The van der Waals surface area contributed by atoms with Gasteiger partial charge in [-0.2, -0.15) is 0 Å². The fraction of sp³-hybridized carbons (Fsp3) is 0.286. The van der Waals surface area contributed by atoms with Crippen LogP contribution in [0.15, 0.2) is 24.4 Å². The lowest BCUT2D eigenvalue weighted by Gasteiger charge is -2.01. The van der Waals surface area contributed by atoms with Crippen molar-refractivity contribution in [1.82, 2.24) is 4.57 Å². The van der Waals surface area contributed by atoms with E-state index in [1.807, 2.05) is 23.9 Å². The van der Waals surface area contributed by atoms with Gasteiger partial charge >= 0.3 is 11.9 Å². The smallest absolute Gasteiger partial charge is 0.337 e. The molecule has 100 valence electrons. The summed E-state index contributed by atoms with van der Waals surface area (Å²) in [6.45, 7) is 0. The Labute approximate surface area is 110 Å². The fourth-order valence-corrected chi connectivity index (χ4v) is 2.15. The molecule has 1 aromatic heterocycles. The molecule has 5 nitrogen and oxygen atoms in total. The zero-order valence-corrected chi connectivity index (χ0v) is 10.8. The van der Waals surface area contributed by atoms with Crippen molar-refractivity contribution in [3.63, 3.8) is 0 Å². The Morgan fingerprint density at radius 2 is 2.11 bits per heavy atom. The van der Waals surface area contributed by atoms with Crippen molar-refractivity contribution in [1.29, 1.82) is 0 Å². The van der Waals surface area contributed by atoms with Crippen molar-refractivity contribution in [2.24, 2.45) is 7.05 Å². The Bertz CT molecular complexity index is 642. The van der Waals surface area contributed by atoms with Gasteiger partial charge in [-0.25, -0.2) is 4.79 Å². The molecule has 2 aromatic rings. The predicted octanol–water partition coefficient (Wildman–Crippen LogP) is 1.98. The van der Waals surface area contributed by atoms with E-state index in [4.69, 9.17) is 5.11 Å². The van der Waals surface area contributed by atoms with Crippen LogP contribution in [-0.2, 0) is 23.0 Å². The van der Waals surface area contributed by atoms with E-state index >= 15 is 0 Å². The molecule has 19 heavy (non-hydrogen) atoms. The van der Waals surface area contributed by atoms with E-state index in [1.54, 1.807) is 12.1 Å². The molecular formula is C14H15NO4. The van der Waals surface area contributed by atoms with Crippen molar-refractivity contribution in [2.75, 3.05) is 7.11 Å². The van der Waals surface area contributed by atoms with E-state index in [0.717, 1.165) is 16.5 Å². The first-order valence-corrected chi connectivity index (χ1v) is 5.91. The van der Waals surface area contributed by atoms with E-state index in [-0.39, 0.29) is 12.4 Å². The number of aliphatic carboxylic acids is 1. The molecule has 0 saturated heterocycles. The quantitative estimate of drug-likeness (QED) is 0.854. The lowest BCUT2D eigenvalue weighted by molar-refractivity contribution is -0.136. The number of ether oxygens (including phenoxy) is 1. The summed E-state index contributed by atoms with van der Waals surface area (Å²) in [5, 5.41) is 9.70. The number of carbonyl (C=O) groups is 2. The van der Waals surface area contributed by atoms with Crippen LogP contribution >= 0.6 is 0 Å². The topological polar surface area (TPSA) is 68.5 Å². The Morgan fingerprint density at radius 1 is 1.37 bits per heavy atom. The van der Waals surface area contributed by atoms with E-state index in [2.05, 4.69) is 4.74 Å². The summed E-state index contributed by atoms with van der Waals surface area (Å²) in [7, 11) is 3.21. The van der Waals surface area contributed by atoms with Crippen molar-refractivity contribution >= 4 is 22.8 Å². The fourth-order valence-electron chi connectivity index (χ4n) is 2.15. The Morgan fingerprint density at radius 3 is 2.74 bits per heavy atom. The number of methoxy groups -OCH3 is 1. The zero-order chi connectivity index (χ0) is 14.0. The number of fused-ring (bicyclic) bond motifs is 1. The maximum Gasteiger partial charge on any atom is 0.337 e. The van der Waals surface area contributed by atoms with Crippen LogP contribution in [0.3, 0.4) is 0 Å². The van der Waals surface area contributed by atoms with Gasteiger partial charge in [-0.1, -0.05) is 6.07 Å². The van der Waals surface area contributed by atoms with Crippen LogP contribution in [0.5, 0.6) is 0 Å². The molecule has 0 amide bonds. The molecule has 5 heteroatoms. The van der Waals surface area contributed by atoms with Gasteiger partial charge < -0.3 is 14.4 Å². The number of benzene rings is 1. The highest BCUT2D eigenvalue weighted by Crippen LogP contribution is 2.23. The average Bonchev–Trinajstić information content (AvgIpc) is 2.72. The van der Waals surface area contributed by atoms with Crippen LogP contribution < -0.4 is 0 Å². The summed E-state index contributed by atoms with van der Waals surface area (Å²) >= 11 is 0. The minimum atomic E-state index is -0.816. The highest BCUT2D eigenvalue weighted by Gasteiger charge is 2.12. The van der Waals surface area contributed by atoms with Crippen molar-refractivity contribution in [3.8, 4) is 0 Å². The second-order valence-corrected chi connectivity index (χ2v) is 4.38. The van der Waals surface area contributed by atoms with Crippen molar-refractivity contribution in [2.45, 2.75) is 12.8 Å². The number of esters is 1. The number of aryl methyl sites for hydroxylation is 2. The maximum atomic E-state index is 11.5. The Balaban J connectivity index is 2.42. The number of carbonyl (C=O) groups excluding carboxylic acids is 1. The van der Waals surface area contributed by atoms with E-state index in [1.165, 1.54) is 7.11 Å². The minimum Gasteiger partial charge on any atom is -0.481 e. The van der Waals surface area contributed by atoms with Crippen LogP contribution in [0.1, 0.15) is 22.3 Å². The molecule has 0 radical (unpaired) electrons. The van der Waals surface area contributed by atoms with E-state index < -0.39 is 5.97 Å². The number of hydrogen-bond donors (Lipinski definition) is 1. The number of nitrogens with zero attached hydrogens (tertiary/aromatic N) is 1. The molecule has 0 atom stereocenters. The predicted molar refractivity (Wildman–Crippen MR) is 70.2 cm³/mol. The number of hydrogen-bond acceptors (Lipinski definition) is 3. The van der Waals surface area contributed by atoms with Gasteiger partial charge in [0.05, 0.1) is 12.7 Å². The number of carboxylic acids is 1. The van der Waals surface area contributed by atoms with Gasteiger partial charge in [-0.3, -0.25) is 4.79 Å². The second kappa shape index (κ2) is 5.14. The van der Waals surface area contributed by atoms with Crippen molar-refractivity contribution in [3.05, 3.63) is 35.5 Å². The van der Waals surface area contributed by atoms with Gasteiger partial charge in [-0.15, -0.1) is 0 Å². The highest BCUT2D eigenvalue weighted by atomic mass is 16.5. The van der Waals surface area contributed by atoms with Crippen molar-refractivity contribution < 1.29 is 19.4 Å². The van der Waals surface area contributed by atoms with Gasteiger partial charge in [0, 0.05) is 30.6 Å². The van der Waals surface area contributed by atoms with Crippen LogP contribution in [0.2, 0.25) is 0 Å². The number of rotatable bonds is 4. The Hall–Kier alpha value is -2.30. The first kappa shape index (κ1) is 13.1. The molecule has 0 bridgehead atoms. The molecule has 1 aromatic carbocycles. The third-order valence-corrected chi connectivity index (χ3v) is 3.10. The van der Waals surface area contributed by atoms with E-state index in [0.29, 0.717) is 12.0 Å². The lowest BCUT2D eigenvalue weighted by atomic mass is 10.1. The molecular weight excluding hydrogens is 246 g/mol. The molecule has 0 unspecified atom stereocenters. The molecule has 2 rings (SSSR count). The van der Waals surface area contributed by atoms with Gasteiger partial charge in [0.1, 0.15) is 0 Å². The normalized spacial score (nSPS) is 10.6. The average molecular weight is 261 g/mol. The molecule has 0 fully saturated rings. The zero-order valence-electron chi connectivity index (χ0n) is 10.8. The van der Waals surface area contributed by atoms with Gasteiger partial charge in [-0.05, 0) is 24.1 Å². The van der Waals surface area contributed by atoms with Gasteiger partial charge in [0.2, 0.25) is 0 Å². The summed E-state index contributed by atoms with van der Waals surface area (Å²) < 4.78 is 6.57. The second-order valence-electron chi connectivity index (χ2n) is 4.38. The minimum absolute atomic E-state index is 0.0951. The van der Waals surface area contributed by atoms with Crippen LogP contribution in [0.25, 0.3) is 10.9 Å². The summed E-state index contributed by atoms with van der Waals surface area (Å²) in [4.78, 5) is 22.1. The van der Waals surface area contributed by atoms with Crippen LogP contribution in [0.4, 0.5) is 0 Å². The molecule has 0 aliphatic heterocycles. The summed E-state index contributed by atoms with van der Waals surface area (Å²) in [6, 6.07) is 5.28. The van der Waals surface area contributed by atoms with Gasteiger partial charge in [0.25, 0.3) is 0 Å². The molecule has 0 aliphatic carbocycles. The SMILES string of the molecule is COC(=O)c1ccc2c(CCC(=O)O)cn(C)c2c1. The molecule has 1 heterocycles. The molecule has 0 spiro atoms. The van der Waals surface area contributed by atoms with Gasteiger partial charge in [0.15, 0.2) is 0 Å². The van der Waals surface area contributed by atoms with Crippen LogP contribution in [-0.4, -0.2) is 28.7 Å². The third kappa shape index (κ3) is 2.59. The van der Waals surface area contributed by atoms with Crippen LogP contribution in [0, 0.1) is 0 Å². The largest absolute Gasteiger partial charge is 0.481 e. The van der Waals surface area contributed by atoms with E-state index in [9.17, 15) is 9.59 Å². The standard InChI is InChI=1S/C14H15NO4/c1-15-8-10(4-6-13(16)17)11-5-3-9(7-12(11)15)14(18)19-2/h3,5,7-8H,4,6H2,1-2H3,(H,16,17). The third-order valence-electron chi connectivity index (χ3n) is 3.10.